The third-order valence-electron chi connectivity index (χ3n) is 8.99. The molecule has 0 spiro atoms. The second-order valence-corrected chi connectivity index (χ2v) is 9.89. The third kappa shape index (κ3) is 2.51. The minimum atomic E-state index is -0.463. The number of fused-ring (bicyclic) bond motifs is 5. The zero-order chi connectivity index (χ0) is 19.6. The quantitative estimate of drug-likeness (QED) is 0.684. The number of hydrogen-bond acceptors (Lipinski definition) is 4. The number of ketones is 2. The molecule has 4 nitrogen and oxygen atoms in total. The van der Waals surface area contributed by atoms with Crippen molar-refractivity contribution in [3.63, 3.8) is 0 Å². The lowest BCUT2D eigenvalue weighted by molar-refractivity contribution is -0.150. The smallest absolute Gasteiger partial charge is 0.308 e. The molecule has 3 saturated carbocycles. The molecule has 7 atom stereocenters. The highest BCUT2D eigenvalue weighted by molar-refractivity contribution is 5.98. The summed E-state index contributed by atoms with van der Waals surface area (Å²) in [5, 5.41) is 0. The first kappa shape index (κ1) is 18.9. The number of hydrogen-bond donors (Lipinski definition) is 0. The van der Waals surface area contributed by atoms with Crippen LogP contribution in [0.4, 0.5) is 0 Å². The summed E-state index contributed by atoms with van der Waals surface area (Å²) in [5.41, 5.74) is 0.861. The summed E-state index contributed by atoms with van der Waals surface area (Å²) < 4.78 is 4.99. The standard InChI is InChI=1S/C23H32O4/c1-13(21(26)27-4)17-7-8-18-16-6-5-14-11-15(24)9-10-22(14,2)19(16)12-20(25)23(17,18)3/h12-14,16-18H,5-11H2,1-4H3/t13-,14-,16+,17+,18-,22-,23+/m1/s1. The van der Waals surface area contributed by atoms with Crippen molar-refractivity contribution in [2.24, 2.45) is 40.4 Å². The molecule has 0 saturated heterocycles. The van der Waals surface area contributed by atoms with Crippen molar-refractivity contribution in [1.82, 2.24) is 0 Å². The van der Waals surface area contributed by atoms with Crippen LogP contribution in [0, 0.1) is 40.4 Å². The molecule has 0 heterocycles. The van der Waals surface area contributed by atoms with E-state index < -0.39 is 5.41 Å². The van der Waals surface area contributed by atoms with E-state index in [0.717, 1.165) is 32.1 Å². The van der Waals surface area contributed by atoms with Gasteiger partial charge in [0, 0.05) is 18.3 Å². The minimum absolute atomic E-state index is 0.000130. The average Bonchev–Trinajstić information content (AvgIpc) is 3.01. The Kier molecular flexibility index (Phi) is 4.40. The highest BCUT2D eigenvalue weighted by atomic mass is 16.5. The molecule has 4 heteroatoms. The molecule has 0 N–H and O–H groups in total. The molecule has 0 unspecified atom stereocenters. The lowest BCUT2D eigenvalue weighted by Crippen LogP contribution is -2.52. The maximum Gasteiger partial charge on any atom is 0.308 e. The molecule has 0 bridgehead atoms. The van der Waals surface area contributed by atoms with Crippen LogP contribution in [0.5, 0.6) is 0 Å². The molecule has 148 valence electrons. The highest BCUT2D eigenvalue weighted by Crippen LogP contribution is 2.65. The van der Waals surface area contributed by atoms with Gasteiger partial charge < -0.3 is 4.74 Å². The molecule has 0 aromatic carbocycles. The molecule has 0 aliphatic heterocycles. The van der Waals surface area contributed by atoms with Gasteiger partial charge in [-0.25, -0.2) is 0 Å². The Morgan fingerprint density at radius 3 is 2.63 bits per heavy atom. The summed E-state index contributed by atoms with van der Waals surface area (Å²) in [5.74, 6) is 1.33. The Morgan fingerprint density at radius 2 is 1.93 bits per heavy atom. The van der Waals surface area contributed by atoms with E-state index in [0.29, 0.717) is 36.4 Å². The van der Waals surface area contributed by atoms with Gasteiger partial charge in [-0.1, -0.05) is 26.3 Å². The summed E-state index contributed by atoms with van der Waals surface area (Å²) in [6.07, 6.45) is 8.25. The minimum Gasteiger partial charge on any atom is -0.469 e. The van der Waals surface area contributed by atoms with Gasteiger partial charge in [0.25, 0.3) is 0 Å². The van der Waals surface area contributed by atoms with Gasteiger partial charge in [-0.3, -0.25) is 14.4 Å². The average molecular weight is 373 g/mol. The molecule has 4 rings (SSSR count). The van der Waals surface area contributed by atoms with E-state index in [9.17, 15) is 14.4 Å². The van der Waals surface area contributed by atoms with Crippen molar-refractivity contribution in [2.75, 3.05) is 7.11 Å². The summed E-state index contributed by atoms with van der Waals surface area (Å²) in [7, 11) is 1.43. The number of ether oxygens (including phenoxy) is 1. The molecule has 27 heavy (non-hydrogen) atoms. The summed E-state index contributed by atoms with van der Waals surface area (Å²) in [4.78, 5) is 37.7. The van der Waals surface area contributed by atoms with Crippen molar-refractivity contribution in [3.05, 3.63) is 11.6 Å². The lowest BCUT2D eigenvalue weighted by atomic mass is 9.48. The zero-order valence-corrected chi connectivity index (χ0v) is 17.0. The molecule has 0 amide bonds. The van der Waals surface area contributed by atoms with Crippen molar-refractivity contribution in [2.45, 2.75) is 65.7 Å². The van der Waals surface area contributed by atoms with E-state index in [1.165, 1.54) is 12.7 Å². The van der Waals surface area contributed by atoms with Gasteiger partial charge >= 0.3 is 5.97 Å². The molecule has 4 aliphatic rings. The van der Waals surface area contributed by atoms with Gasteiger partial charge in [-0.05, 0) is 67.3 Å². The van der Waals surface area contributed by atoms with Crippen molar-refractivity contribution >= 4 is 17.5 Å². The lowest BCUT2D eigenvalue weighted by Gasteiger charge is -2.55. The van der Waals surface area contributed by atoms with Crippen LogP contribution in [0.25, 0.3) is 0 Å². The second-order valence-electron chi connectivity index (χ2n) is 9.89. The van der Waals surface area contributed by atoms with Gasteiger partial charge in [0.15, 0.2) is 5.78 Å². The summed E-state index contributed by atoms with van der Waals surface area (Å²) in [6, 6.07) is 0. The summed E-state index contributed by atoms with van der Waals surface area (Å²) >= 11 is 0. The fourth-order valence-corrected chi connectivity index (χ4v) is 7.29. The molecular formula is C23H32O4. The van der Waals surface area contributed by atoms with E-state index in [1.54, 1.807) is 0 Å². The second kappa shape index (κ2) is 6.28. The van der Waals surface area contributed by atoms with Crippen LogP contribution in [-0.2, 0) is 19.1 Å². The Balaban J connectivity index is 1.71. The van der Waals surface area contributed by atoms with E-state index >= 15 is 0 Å². The molecule has 0 radical (unpaired) electrons. The van der Waals surface area contributed by atoms with Gasteiger partial charge in [0.1, 0.15) is 5.78 Å². The van der Waals surface area contributed by atoms with Gasteiger partial charge in [-0.15, -0.1) is 0 Å². The third-order valence-corrected chi connectivity index (χ3v) is 8.99. The topological polar surface area (TPSA) is 60.4 Å². The SMILES string of the molecule is COC(=O)[C@H](C)[C@@H]1CC[C@@H]2[C@@H]3CC[C@@H]4CC(=O)CC[C@@]4(C)C3=CC(=O)[C@]21C. The predicted octanol–water partition coefficient (Wildman–Crippen LogP) is 4.12. The largest absolute Gasteiger partial charge is 0.469 e. The van der Waals surface area contributed by atoms with Crippen molar-refractivity contribution in [3.8, 4) is 0 Å². The number of esters is 1. The van der Waals surface area contributed by atoms with Crippen molar-refractivity contribution < 1.29 is 19.1 Å². The highest BCUT2D eigenvalue weighted by Gasteiger charge is 2.61. The van der Waals surface area contributed by atoms with Crippen LogP contribution in [0.3, 0.4) is 0 Å². The zero-order valence-electron chi connectivity index (χ0n) is 17.0. The molecule has 0 aromatic rings. The maximum atomic E-state index is 13.5. The fraction of sp³-hybridized carbons (Fsp3) is 0.783. The number of rotatable bonds is 2. The van der Waals surface area contributed by atoms with Crippen LogP contribution >= 0.6 is 0 Å². The first-order valence-electron chi connectivity index (χ1n) is 10.6. The molecule has 3 fully saturated rings. The van der Waals surface area contributed by atoms with Crippen LogP contribution in [0.1, 0.15) is 65.7 Å². The first-order chi connectivity index (χ1) is 12.7. The van der Waals surface area contributed by atoms with E-state index in [2.05, 4.69) is 13.8 Å². The van der Waals surface area contributed by atoms with E-state index in [4.69, 9.17) is 4.74 Å². The predicted molar refractivity (Wildman–Crippen MR) is 102 cm³/mol. The Bertz CT molecular complexity index is 722. The molecule has 0 aromatic heterocycles. The van der Waals surface area contributed by atoms with Gasteiger partial charge in [0.05, 0.1) is 13.0 Å². The number of carbonyl (C=O) groups is 3. The monoisotopic (exact) mass is 372 g/mol. The number of allylic oxidation sites excluding steroid dienone is 2. The fourth-order valence-electron chi connectivity index (χ4n) is 7.29. The van der Waals surface area contributed by atoms with Crippen LogP contribution in [0.2, 0.25) is 0 Å². The molecule has 4 aliphatic carbocycles. The maximum absolute atomic E-state index is 13.5. The van der Waals surface area contributed by atoms with Gasteiger partial charge in [-0.2, -0.15) is 0 Å². The number of Topliss-reactive ketones (excluding diaryl/α,β-unsaturated/α-hetero) is 1. The Morgan fingerprint density at radius 1 is 1.19 bits per heavy atom. The number of methoxy groups -OCH3 is 1. The van der Waals surface area contributed by atoms with Crippen LogP contribution in [-0.4, -0.2) is 24.6 Å². The van der Waals surface area contributed by atoms with Gasteiger partial charge in [0.2, 0.25) is 0 Å². The van der Waals surface area contributed by atoms with Crippen LogP contribution < -0.4 is 0 Å². The summed E-state index contributed by atoms with van der Waals surface area (Å²) in [6.45, 7) is 6.31. The Labute approximate surface area is 162 Å². The Hall–Kier alpha value is -1.45. The normalized spacial score (nSPS) is 44.7. The van der Waals surface area contributed by atoms with Crippen molar-refractivity contribution in [1.29, 1.82) is 0 Å². The van der Waals surface area contributed by atoms with Crippen LogP contribution in [0.15, 0.2) is 11.6 Å². The first-order valence-corrected chi connectivity index (χ1v) is 10.6. The molecular weight excluding hydrogens is 340 g/mol. The number of carbonyl (C=O) groups excluding carboxylic acids is 3. The van der Waals surface area contributed by atoms with E-state index in [1.807, 2.05) is 13.0 Å². The van der Waals surface area contributed by atoms with E-state index in [-0.39, 0.29) is 29.0 Å².